The standard InChI is InChI=1S/C22H19F3N2O/c1-2-28-27-21(26)22(15-3-9-18(23)10-4-15,16-5-11-19(24)12-6-16)17-7-13-20(25)14-8-17/h3-14H,2H2,1H3,(H2,26,27). The lowest BCUT2D eigenvalue weighted by molar-refractivity contribution is 0.157. The van der Waals surface area contributed by atoms with Gasteiger partial charge in [0.25, 0.3) is 0 Å². The van der Waals surface area contributed by atoms with Crippen LogP contribution in [-0.4, -0.2) is 12.4 Å². The Hall–Kier alpha value is -3.28. The zero-order valence-corrected chi connectivity index (χ0v) is 15.2. The summed E-state index contributed by atoms with van der Waals surface area (Å²) in [5, 5.41) is 4.02. The summed E-state index contributed by atoms with van der Waals surface area (Å²) < 4.78 is 40.8. The van der Waals surface area contributed by atoms with Crippen LogP contribution in [-0.2, 0) is 10.3 Å². The fourth-order valence-electron chi connectivity index (χ4n) is 3.25. The summed E-state index contributed by atoms with van der Waals surface area (Å²) in [5.74, 6) is -1.21. The lowest BCUT2D eigenvalue weighted by Crippen LogP contribution is -2.44. The van der Waals surface area contributed by atoms with E-state index in [0.29, 0.717) is 16.7 Å². The monoisotopic (exact) mass is 384 g/mol. The first kappa shape index (κ1) is 19.5. The van der Waals surface area contributed by atoms with Gasteiger partial charge in [-0.1, -0.05) is 41.6 Å². The number of hydrogen-bond acceptors (Lipinski definition) is 2. The van der Waals surface area contributed by atoms with Gasteiger partial charge < -0.3 is 10.6 Å². The van der Waals surface area contributed by atoms with Gasteiger partial charge in [0.2, 0.25) is 0 Å². The van der Waals surface area contributed by atoms with Crippen LogP contribution in [0.15, 0.2) is 78.0 Å². The minimum absolute atomic E-state index is 0.0548. The number of oxime groups is 1. The van der Waals surface area contributed by atoms with Gasteiger partial charge in [-0.05, 0) is 60.0 Å². The molecule has 144 valence electrons. The number of nitrogens with zero attached hydrogens (tertiary/aromatic N) is 1. The van der Waals surface area contributed by atoms with Crippen LogP contribution in [0.5, 0.6) is 0 Å². The number of halogens is 3. The summed E-state index contributed by atoms with van der Waals surface area (Å²) in [5.41, 5.74) is 6.89. The molecular formula is C22H19F3N2O. The normalized spacial score (nSPS) is 12.1. The van der Waals surface area contributed by atoms with Crippen molar-refractivity contribution in [3.63, 3.8) is 0 Å². The van der Waals surface area contributed by atoms with E-state index in [4.69, 9.17) is 10.6 Å². The van der Waals surface area contributed by atoms with E-state index in [1.165, 1.54) is 36.4 Å². The van der Waals surface area contributed by atoms with Crippen LogP contribution >= 0.6 is 0 Å². The SMILES string of the molecule is CCON=C(N)C(c1ccc(F)cc1)(c1ccc(F)cc1)c1ccc(F)cc1. The highest BCUT2D eigenvalue weighted by molar-refractivity contribution is 5.98. The Morgan fingerprint density at radius 1 is 0.750 bits per heavy atom. The van der Waals surface area contributed by atoms with Crippen molar-refractivity contribution in [3.8, 4) is 0 Å². The van der Waals surface area contributed by atoms with Crippen molar-refractivity contribution in [2.45, 2.75) is 12.3 Å². The van der Waals surface area contributed by atoms with E-state index in [2.05, 4.69) is 5.16 Å². The van der Waals surface area contributed by atoms with Crippen LogP contribution < -0.4 is 5.73 Å². The minimum Gasteiger partial charge on any atom is -0.395 e. The predicted molar refractivity (Wildman–Crippen MR) is 102 cm³/mol. The summed E-state index contributed by atoms with van der Waals surface area (Å²) >= 11 is 0. The van der Waals surface area contributed by atoms with Crippen LogP contribution in [0.4, 0.5) is 13.2 Å². The van der Waals surface area contributed by atoms with Gasteiger partial charge in [-0.2, -0.15) is 0 Å². The molecular weight excluding hydrogens is 365 g/mol. The second kappa shape index (κ2) is 8.17. The zero-order valence-electron chi connectivity index (χ0n) is 15.2. The Balaban J connectivity index is 2.38. The number of amidine groups is 1. The van der Waals surface area contributed by atoms with Gasteiger partial charge in [-0.3, -0.25) is 0 Å². The molecule has 0 bridgehead atoms. The fourth-order valence-corrected chi connectivity index (χ4v) is 3.25. The predicted octanol–water partition coefficient (Wildman–Crippen LogP) is 4.75. The fraction of sp³-hybridized carbons (Fsp3) is 0.136. The third kappa shape index (κ3) is 3.58. The smallest absolute Gasteiger partial charge is 0.159 e. The van der Waals surface area contributed by atoms with Gasteiger partial charge in [0.1, 0.15) is 29.5 Å². The summed E-state index contributed by atoms with van der Waals surface area (Å²) in [4.78, 5) is 5.18. The highest BCUT2D eigenvalue weighted by atomic mass is 19.1. The molecule has 3 nitrogen and oxygen atoms in total. The molecule has 0 radical (unpaired) electrons. The number of rotatable bonds is 6. The molecule has 3 aromatic rings. The van der Waals surface area contributed by atoms with E-state index in [-0.39, 0.29) is 12.4 Å². The van der Waals surface area contributed by atoms with Crippen molar-refractivity contribution >= 4 is 5.84 Å². The maximum atomic E-state index is 13.6. The molecule has 0 atom stereocenters. The zero-order chi connectivity index (χ0) is 20.1. The van der Waals surface area contributed by atoms with Crippen molar-refractivity contribution < 1.29 is 18.0 Å². The van der Waals surface area contributed by atoms with E-state index < -0.39 is 22.9 Å². The Morgan fingerprint density at radius 3 is 1.36 bits per heavy atom. The van der Waals surface area contributed by atoms with Crippen LogP contribution in [0.1, 0.15) is 23.6 Å². The first-order valence-electron chi connectivity index (χ1n) is 8.72. The third-order valence-corrected chi connectivity index (χ3v) is 4.51. The average molecular weight is 384 g/mol. The first-order chi connectivity index (χ1) is 13.5. The molecule has 0 saturated carbocycles. The van der Waals surface area contributed by atoms with Crippen molar-refractivity contribution in [1.82, 2.24) is 0 Å². The summed E-state index contributed by atoms with van der Waals surface area (Å²) in [6, 6.07) is 17.2. The number of benzene rings is 3. The largest absolute Gasteiger partial charge is 0.395 e. The number of hydrogen-bond donors (Lipinski definition) is 1. The molecule has 0 aromatic heterocycles. The molecule has 0 aliphatic rings. The van der Waals surface area contributed by atoms with E-state index in [0.717, 1.165) is 0 Å². The van der Waals surface area contributed by atoms with Crippen LogP contribution in [0, 0.1) is 17.5 Å². The molecule has 28 heavy (non-hydrogen) atoms. The average Bonchev–Trinajstić information content (AvgIpc) is 2.70. The van der Waals surface area contributed by atoms with Gasteiger partial charge in [0.15, 0.2) is 5.84 Å². The minimum atomic E-state index is -1.23. The Labute approximate surface area is 161 Å². The van der Waals surface area contributed by atoms with E-state index in [1.807, 2.05) is 0 Å². The molecule has 6 heteroatoms. The molecule has 0 heterocycles. The van der Waals surface area contributed by atoms with Crippen molar-refractivity contribution in [1.29, 1.82) is 0 Å². The maximum Gasteiger partial charge on any atom is 0.159 e. The number of nitrogens with two attached hydrogens (primary N) is 1. The van der Waals surface area contributed by atoms with E-state index in [9.17, 15) is 13.2 Å². The molecule has 2 N–H and O–H groups in total. The first-order valence-corrected chi connectivity index (χ1v) is 8.72. The second-order valence-electron chi connectivity index (χ2n) is 6.16. The van der Waals surface area contributed by atoms with Crippen LogP contribution in [0.3, 0.4) is 0 Å². The molecule has 0 saturated heterocycles. The Morgan fingerprint density at radius 2 is 1.07 bits per heavy atom. The third-order valence-electron chi connectivity index (χ3n) is 4.51. The van der Waals surface area contributed by atoms with Crippen LogP contribution in [0.2, 0.25) is 0 Å². The molecule has 0 amide bonds. The molecule has 0 aliphatic heterocycles. The van der Waals surface area contributed by atoms with Gasteiger partial charge in [-0.25, -0.2) is 13.2 Å². The van der Waals surface area contributed by atoms with Gasteiger partial charge in [0.05, 0.1) is 0 Å². The molecule has 0 unspecified atom stereocenters. The summed E-state index contributed by atoms with van der Waals surface area (Å²) in [7, 11) is 0. The molecule has 0 spiro atoms. The Bertz CT molecular complexity index is 842. The van der Waals surface area contributed by atoms with Crippen molar-refractivity contribution in [2.24, 2.45) is 10.9 Å². The topological polar surface area (TPSA) is 47.6 Å². The molecule has 3 aromatic carbocycles. The summed E-state index contributed by atoms with van der Waals surface area (Å²) in [6.45, 7) is 2.04. The van der Waals surface area contributed by atoms with Gasteiger partial charge in [-0.15, -0.1) is 0 Å². The maximum absolute atomic E-state index is 13.6. The quantitative estimate of drug-likeness (QED) is 0.289. The lowest BCUT2D eigenvalue weighted by Gasteiger charge is -2.34. The van der Waals surface area contributed by atoms with E-state index in [1.54, 1.807) is 43.3 Å². The van der Waals surface area contributed by atoms with E-state index >= 15 is 0 Å². The van der Waals surface area contributed by atoms with Crippen molar-refractivity contribution in [3.05, 3.63) is 107 Å². The van der Waals surface area contributed by atoms with Crippen LogP contribution in [0.25, 0.3) is 0 Å². The Kier molecular flexibility index (Phi) is 5.68. The van der Waals surface area contributed by atoms with Crippen molar-refractivity contribution in [2.75, 3.05) is 6.61 Å². The second-order valence-corrected chi connectivity index (χ2v) is 6.16. The summed E-state index contributed by atoms with van der Waals surface area (Å²) in [6.07, 6.45) is 0. The lowest BCUT2D eigenvalue weighted by atomic mass is 9.68. The highest BCUT2D eigenvalue weighted by Gasteiger charge is 2.41. The molecule has 0 aliphatic carbocycles. The highest BCUT2D eigenvalue weighted by Crippen LogP contribution is 2.40. The van der Waals surface area contributed by atoms with Gasteiger partial charge in [0, 0.05) is 0 Å². The molecule has 0 fully saturated rings. The molecule has 3 rings (SSSR count). The van der Waals surface area contributed by atoms with Gasteiger partial charge >= 0.3 is 0 Å².